The molecule has 21 heavy (non-hydrogen) atoms. The van der Waals surface area contributed by atoms with Gasteiger partial charge in [-0.15, -0.1) is 0 Å². The van der Waals surface area contributed by atoms with Gasteiger partial charge in [0, 0.05) is 6.54 Å². The number of H-pyrrole nitrogens is 2. The molecule has 2 aromatic rings. The molecule has 8 heteroatoms. The van der Waals surface area contributed by atoms with E-state index in [0.29, 0.717) is 12.4 Å². The number of carbonyl (C=O) groups excluding carboxylic acids is 1. The maximum absolute atomic E-state index is 12.8. The Kier molecular flexibility index (Phi) is 4.83. The monoisotopic (exact) mass is 293 g/mol. The third-order valence-corrected chi connectivity index (χ3v) is 2.78. The number of hydrogen-bond donors (Lipinski definition) is 3. The summed E-state index contributed by atoms with van der Waals surface area (Å²) in [6.45, 7) is 0.876. The van der Waals surface area contributed by atoms with Crippen molar-refractivity contribution >= 4 is 5.91 Å². The number of aromatic amines is 2. The van der Waals surface area contributed by atoms with Crippen LogP contribution in [0.15, 0.2) is 29.1 Å². The molecule has 0 radical (unpaired) electrons. The Labute approximate surface area is 120 Å². The van der Waals surface area contributed by atoms with E-state index < -0.39 is 5.69 Å². The quantitative estimate of drug-likeness (QED) is 0.698. The lowest BCUT2D eigenvalue weighted by Gasteiger charge is -2.16. The van der Waals surface area contributed by atoms with Gasteiger partial charge in [0.25, 0.3) is 0 Å². The highest BCUT2D eigenvalue weighted by atomic mass is 19.1. The Morgan fingerprint density at radius 3 is 2.71 bits per heavy atom. The maximum Gasteiger partial charge on any atom is 0.340 e. The summed E-state index contributed by atoms with van der Waals surface area (Å²) >= 11 is 0. The first-order chi connectivity index (χ1) is 10.0. The van der Waals surface area contributed by atoms with Crippen LogP contribution in [0.1, 0.15) is 11.4 Å². The predicted octanol–water partition coefficient (Wildman–Crippen LogP) is -0.0147. The zero-order chi connectivity index (χ0) is 15.2. The van der Waals surface area contributed by atoms with Crippen LogP contribution in [0.4, 0.5) is 4.39 Å². The maximum atomic E-state index is 12.8. The van der Waals surface area contributed by atoms with Crippen LogP contribution in [0.2, 0.25) is 0 Å². The van der Waals surface area contributed by atoms with E-state index in [4.69, 9.17) is 0 Å². The summed E-state index contributed by atoms with van der Waals surface area (Å²) in [7, 11) is 1.79. The van der Waals surface area contributed by atoms with Crippen molar-refractivity contribution in [2.24, 2.45) is 0 Å². The highest BCUT2D eigenvalue weighted by Gasteiger charge is 2.08. The van der Waals surface area contributed by atoms with Gasteiger partial charge in [0.1, 0.15) is 11.6 Å². The van der Waals surface area contributed by atoms with Crippen molar-refractivity contribution in [3.63, 3.8) is 0 Å². The lowest BCUT2D eigenvalue weighted by atomic mass is 10.2. The number of hydrogen-bond acceptors (Lipinski definition) is 4. The van der Waals surface area contributed by atoms with Gasteiger partial charge >= 0.3 is 5.69 Å². The largest absolute Gasteiger partial charge is 0.348 e. The predicted molar refractivity (Wildman–Crippen MR) is 73.8 cm³/mol. The average molecular weight is 293 g/mol. The van der Waals surface area contributed by atoms with Crippen molar-refractivity contribution < 1.29 is 9.18 Å². The first kappa shape index (κ1) is 14.9. The molecule has 1 heterocycles. The Balaban J connectivity index is 1.76. The van der Waals surface area contributed by atoms with Crippen LogP contribution in [0, 0.1) is 5.82 Å². The molecule has 0 aliphatic heterocycles. The fraction of sp³-hybridized carbons (Fsp3) is 0.308. The summed E-state index contributed by atoms with van der Waals surface area (Å²) in [4.78, 5) is 26.8. The minimum atomic E-state index is -0.410. The van der Waals surface area contributed by atoms with Gasteiger partial charge in [-0.1, -0.05) is 12.1 Å². The zero-order valence-electron chi connectivity index (χ0n) is 11.5. The zero-order valence-corrected chi connectivity index (χ0v) is 11.5. The fourth-order valence-corrected chi connectivity index (χ4v) is 1.83. The molecule has 7 nitrogen and oxygen atoms in total. The molecule has 112 valence electrons. The second kappa shape index (κ2) is 6.80. The van der Waals surface area contributed by atoms with Gasteiger partial charge in [0.05, 0.1) is 13.1 Å². The molecule has 0 atom stereocenters. The van der Waals surface area contributed by atoms with Crippen LogP contribution in [0.3, 0.4) is 0 Å². The third kappa shape index (κ3) is 4.84. The molecule has 0 fully saturated rings. The fourth-order valence-electron chi connectivity index (χ4n) is 1.83. The van der Waals surface area contributed by atoms with Crippen LogP contribution in [-0.2, 0) is 17.9 Å². The summed E-state index contributed by atoms with van der Waals surface area (Å²) in [6, 6.07) is 6.13. The smallest absolute Gasteiger partial charge is 0.340 e. The lowest BCUT2D eigenvalue weighted by Crippen LogP contribution is -2.34. The van der Waals surface area contributed by atoms with Gasteiger partial charge in [-0.25, -0.2) is 14.3 Å². The van der Waals surface area contributed by atoms with E-state index in [9.17, 15) is 14.0 Å². The number of halogens is 1. The molecular formula is C13H16FN5O2. The number of likely N-dealkylation sites (N-methyl/N-ethyl adjacent to an activating group) is 1. The van der Waals surface area contributed by atoms with E-state index in [2.05, 4.69) is 20.5 Å². The standard InChI is InChI=1S/C13H16FN5O2/c1-19(7-9-2-4-10(14)5-3-9)8-12(20)15-6-11-16-13(21)18-17-11/h2-5H,6-8H2,1H3,(H,15,20)(H2,16,17,18,21). The number of benzene rings is 1. The molecule has 3 N–H and O–H groups in total. The summed E-state index contributed by atoms with van der Waals surface area (Å²) < 4.78 is 12.8. The van der Waals surface area contributed by atoms with Gasteiger partial charge in [0.2, 0.25) is 5.91 Å². The summed E-state index contributed by atoms with van der Waals surface area (Å²) in [5, 5.41) is 8.55. The van der Waals surface area contributed by atoms with Crippen LogP contribution < -0.4 is 11.0 Å². The Hall–Kier alpha value is -2.48. The third-order valence-electron chi connectivity index (χ3n) is 2.78. The number of rotatable bonds is 6. The number of nitrogens with one attached hydrogen (secondary N) is 3. The number of carbonyl (C=O) groups is 1. The number of amides is 1. The minimum Gasteiger partial charge on any atom is -0.348 e. The first-order valence-corrected chi connectivity index (χ1v) is 6.36. The molecule has 1 aromatic carbocycles. The van der Waals surface area contributed by atoms with E-state index >= 15 is 0 Å². The van der Waals surface area contributed by atoms with Gasteiger partial charge < -0.3 is 5.32 Å². The first-order valence-electron chi connectivity index (χ1n) is 6.36. The minimum absolute atomic E-state index is 0.155. The molecule has 2 rings (SSSR count). The summed E-state index contributed by atoms with van der Waals surface area (Å²) in [6.07, 6.45) is 0. The SMILES string of the molecule is CN(CC(=O)NCc1n[nH]c(=O)[nH]1)Cc1ccc(F)cc1. The van der Waals surface area contributed by atoms with E-state index in [0.717, 1.165) is 5.56 Å². The number of nitrogens with zero attached hydrogens (tertiary/aromatic N) is 2. The highest BCUT2D eigenvalue weighted by Crippen LogP contribution is 2.05. The molecule has 0 aliphatic rings. The van der Waals surface area contributed by atoms with Crippen molar-refractivity contribution in [1.82, 2.24) is 25.4 Å². The van der Waals surface area contributed by atoms with Crippen molar-refractivity contribution in [3.8, 4) is 0 Å². The second-order valence-electron chi connectivity index (χ2n) is 4.70. The molecule has 0 saturated heterocycles. The van der Waals surface area contributed by atoms with E-state index in [1.165, 1.54) is 12.1 Å². The Bertz CT molecular complexity index is 649. The molecule has 0 unspecified atom stereocenters. The second-order valence-corrected chi connectivity index (χ2v) is 4.70. The Morgan fingerprint density at radius 1 is 1.38 bits per heavy atom. The summed E-state index contributed by atoms with van der Waals surface area (Å²) in [5.74, 6) is -0.106. The normalized spacial score (nSPS) is 10.8. The van der Waals surface area contributed by atoms with Crippen molar-refractivity contribution in [3.05, 3.63) is 52.0 Å². The van der Waals surface area contributed by atoms with Crippen LogP contribution in [-0.4, -0.2) is 39.6 Å². The molecule has 0 bridgehead atoms. The van der Waals surface area contributed by atoms with Crippen molar-refractivity contribution in [2.45, 2.75) is 13.1 Å². The van der Waals surface area contributed by atoms with Crippen LogP contribution in [0.5, 0.6) is 0 Å². The van der Waals surface area contributed by atoms with Crippen LogP contribution in [0.25, 0.3) is 0 Å². The molecule has 1 amide bonds. The van der Waals surface area contributed by atoms with Gasteiger partial charge in [0.15, 0.2) is 0 Å². The number of aromatic nitrogens is 3. The topological polar surface area (TPSA) is 93.9 Å². The molecule has 0 spiro atoms. The molecular weight excluding hydrogens is 277 g/mol. The Morgan fingerprint density at radius 2 is 2.10 bits per heavy atom. The van der Waals surface area contributed by atoms with E-state index in [1.807, 2.05) is 0 Å². The van der Waals surface area contributed by atoms with E-state index in [1.54, 1.807) is 24.1 Å². The van der Waals surface area contributed by atoms with Gasteiger partial charge in [-0.2, -0.15) is 5.10 Å². The van der Waals surface area contributed by atoms with Crippen molar-refractivity contribution in [1.29, 1.82) is 0 Å². The van der Waals surface area contributed by atoms with Gasteiger partial charge in [-0.05, 0) is 24.7 Å². The van der Waals surface area contributed by atoms with Gasteiger partial charge in [-0.3, -0.25) is 14.7 Å². The molecule has 0 aliphatic carbocycles. The average Bonchev–Trinajstić information content (AvgIpc) is 2.85. The van der Waals surface area contributed by atoms with Crippen molar-refractivity contribution in [2.75, 3.05) is 13.6 Å². The van der Waals surface area contributed by atoms with E-state index in [-0.39, 0.29) is 24.8 Å². The van der Waals surface area contributed by atoms with Crippen LogP contribution >= 0.6 is 0 Å². The molecule has 1 aromatic heterocycles. The highest BCUT2D eigenvalue weighted by molar-refractivity contribution is 5.77. The summed E-state index contributed by atoms with van der Waals surface area (Å²) in [5.41, 5.74) is 0.510. The molecule has 0 saturated carbocycles. The lowest BCUT2D eigenvalue weighted by molar-refractivity contribution is -0.122.